The maximum Gasteiger partial charge on any atom is 0.387 e. The molecule has 0 N–H and O–H groups in total. The van der Waals surface area contributed by atoms with Crippen LogP contribution in [0.5, 0.6) is 5.75 Å². The Morgan fingerprint density at radius 1 is 1.50 bits per heavy atom. The van der Waals surface area contributed by atoms with Gasteiger partial charge < -0.3 is 4.74 Å². The van der Waals surface area contributed by atoms with Gasteiger partial charge in [-0.05, 0) is 24.1 Å². The summed E-state index contributed by atoms with van der Waals surface area (Å²) in [6.45, 7) is -1.57. The van der Waals surface area contributed by atoms with Gasteiger partial charge in [0.25, 0.3) is 9.05 Å². The first-order valence-corrected chi connectivity index (χ1v) is 7.07. The van der Waals surface area contributed by atoms with E-state index in [0.717, 1.165) is 6.07 Å². The van der Waals surface area contributed by atoms with Gasteiger partial charge in [0.05, 0.1) is 11.6 Å². The lowest BCUT2D eigenvalue weighted by atomic mass is 10.1. The van der Waals surface area contributed by atoms with Crippen molar-refractivity contribution in [3.05, 3.63) is 23.3 Å². The van der Waals surface area contributed by atoms with Crippen molar-refractivity contribution in [3.63, 3.8) is 0 Å². The zero-order valence-electron chi connectivity index (χ0n) is 9.15. The molecule has 1 aromatic rings. The van der Waals surface area contributed by atoms with Crippen molar-refractivity contribution in [2.45, 2.75) is 24.9 Å². The van der Waals surface area contributed by atoms with Crippen LogP contribution in [0.15, 0.2) is 17.0 Å². The molecule has 18 heavy (non-hydrogen) atoms. The van der Waals surface area contributed by atoms with Crippen molar-refractivity contribution in [2.75, 3.05) is 0 Å². The van der Waals surface area contributed by atoms with Gasteiger partial charge in [-0.25, -0.2) is 8.42 Å². The highest BCUT2D eigenvalue weighted by Crippen LogP contribution is 2.33. The smallest absolute Gasteiger partial charge is 0.387 e. The van der Waals surface area contributed by atoms with E-state index in [1.165, 1.54) is 6.07 Å². The Bertz CT molecular complexity index is 596. The number of benzene rings is 1. The van der Waals surface area contributed by atoms with Gasteiger partial charge in [0.2, 0.25) is 0 Å². The molecule has 0 fully saturated rings. The highest BCUT2D eigenvalue weighted by atomic mass is 35.7. The van der Waals surface area contributed by atoms with E-state index in [4.69, 9.17) is 15.9 Å². The fraction of sp³-hybridized carbons (Fsp3) is 0.300. The molecule has 4 nitrogen and oxygen atoms in total. The molecule has 0 spiro atoms. The summed E-state index contributed by atoms with van der Waals surface area (Å²) in [6.07, 6.45) is 0.219. The van der Waals surface area contributed by atoms with Crippen molar-refractivity contribution in [3.8, 4) is 11.8 Å². The number of aryl methyl sites for hydroxylation is 1. The van der Waals surface area contributed by atoms with Crippen LogP contribution in [0.2, 0.25) is 0 Å². The number of hydrogen-bond donors (Lipinski definition) is 0. The van der Waals surface area contributed by atoms with Gasteiger partial charge in [0, 0.05) is 10.7 Å². The number of halogens is 3. The lowest BCUT2D eigenvalue weighted by molar-refractivity contribution is -0.0523. The lowest BCUT2D eigenvalue weighted by Gasteiger charge is -2.13. The summed E-state index contributed by atoms with van der Waals surface area (Å²) in [7, 11) is 0.861. The second-order valence-electron chi connectivity index (χ2n) is 3.24. The zero-order chi connectivity index (χ0) is 13.9. The number of alkyl halides is 2. The molecule has 0 saturated heterocycles. The Morgan fingerprint density at radius 3 is 2.50 bits per heavy atom. The Kier molecular flexibility index (Phi) is 4.48. The predicted octanol–water partition coefficient (Wildman–Crippen LogP) is 2.65. The minimum absolute atomic E-state index is 0.00712. The van der Waals surface area contributed by atoms with Crippen LogP contribution in [-0.4, -0.2) is 15.0 Å². The van der Waals surface area contributed by atoms with Gasteiger partial charge in [0.15, 0.2) is 0 Å². The molecule has 0 unspecified atom stereocenters. The highest BCUT2D eigenvalue weighted by molar-refractivity contribution is 8.13. The van der Waals surface area contributed by atoms with Crippen LogP contribution in [0, 0.1) is 11.3 Å². The van der Waals surface area contributed by atoms with Crippen molar-refractivity contribution < 1.29 is 21.9 Å². The third kappa shape index (κ3) is 3.31. The first-order chi connectivity index (χ1) is 8.29. The summed E-state index contributed by atoms with van der Waals surface area (Å²) < 4.78 is 51.3. The van der Waals surface area contributed by atoms with E-state index in [2.05, 4.69) is 4.74 Å². The van der Waals surface area contributed by atoms with Crippen LogP contribution in [0.4, 0.5) is 8.78 Å². The highest BCUT2D eigenvalue weighted by Gasteiger charge is 2.23. The van der Waals surface area contributed by atoms with E-state index in [1.54, 1.807) is 13.0 Å². The summed E-state index contributed by atoms with van der Waals surface area (Å²) in [5, 5.41) is 8.74. The van der Waals surface area contributed by atoms with E-state index in [-0.39, 0.29) is 17.5 Å². The molecular formula is C10H8ClF2NO3S. The minimum Gasteiger partial charge on any atom is -0.433 e. The lowest BCUT2D eigenvalue weighted by Crippen LogP contribution is -2.08. The molecule has 0 heterocycles. The number of nitriles is 1. The zero-order valence-corrected chi connectivity index (χ0v) is 10.7. The van der Waals surface area contributed by atoms with E-state index in [9.17, 15) is 17.2 Å². The number of nitrogens with zero attached hydrogens (tertiary/aromatic N) is 1. The maximum absolute atomic E-state index is 12.3. The van der Waals surface area contributed by atoms with Gasteiger partial charge >= 0.3 is 6.61 Å². The molecule has 0 bridgehead atoms. The number of rotatable bonds is 4. The first-order valence-electron chi connectivity index (χ1n) is 4.76. The van der Waals surface area contributed by atoms with E-state index >= 15 is 0 Å². The van der Waals surface area contributed by atoms with Gasteiger partial charge in [0.1, 0.15) is 10.6 Å². The predicted molar refractivity (Wildman–Crippen MR) is 60.2 cm³/mol. The molecule has 98 valence electrons. The summed E-state index contributed by atoms with van der Waals surface area (Å²) in [5.74, 6) is -0.512. The SMILES string of the molecule is CCc1cc(C#N)cc(S(=O)(=O)Cl)c1OC(F)F. The van der Waals surface area contributed by atoms with Crippen LogP contribution in [0.1, 0.15) is 18.1 Å². The van der Waals surface area contributed by atoms with Crippen LogP contribution in [-0.2, 0) is 15.5 Å². The van der Waals surface area contributed by atoms with Crippen molar-refractivity contribution in [1.82, 2.24) is 0 Å². The first kappa shape index (κ1) is 14.7. The van der Waals surface area contributed by atoms with Crippen molar-refractivity contribution >= 4 is 19.7 Å². The molecular weight excluding hydrogens is 288 g/mol. The van der Waals surface area contributed by atoms with Crippen LogP contribution >= 0.6 is 10.7 Å². The topological polar surface area (TPSA) is 67.2 Å². The molecule has 0 aliphatic rings. The molecule has 0 aromatic heterocycles. The van der Waals surface area contributed by atoms with Gasteiger partial charge in [-0.3, -0.25) is 0 Å². The van der Waals surface area contributed by atoms with Gasteiger partial charge in [-0.1, -0.05) is 6.92 Å². The summed E-state index contributed by atoms with van der Waals surface area (Å²) in [4.78, 5) is -0.625. The fourth-order valence-corrected chi connectivity index (χ4v) is 2.40. The maximum atomic E-state index is 12.3. The quantitative estimate of drug-likeness (QED) is 0.801. The monoisotopic (exact) mass is 295 g/mol. The molecule has 0 atom stereocenters. The Labute approximate surface area is 107 Å². The standard InChI is InChI=1S/C10H8ClF2NO3S/c1-2-7-3-6(5-14)4-8(18(11,15)16)9(7)17-10(12)13/h3-4,10H,2H2,1H3. The van der Waals surface area contributed by atoms with E-state index < -0.39 is 26.3 Å². The van der Waals surface area contributed by atoms with Crippen molar-refractivity contribution in [2.24, 2.45) is 0 Å². The number of hydrogen-bond acceptors (Lipinski definition) is 4. The Morgan fingerprint density at radius 2 is 2.11 bits per heavy atom. The molecule has 0 aliphatic carbocycles. The molecule has 8 heteroatoms. The molecule has 1 rings (SSSR count). The molecule has 0 amide bonds. The molecule has 1 aromatic carbocycles. The second kappa shape index (κ2) is 5.50. The summed E-state index contributed by atoms with van der Waals surface area (Å²) in [6, 6.07) is 3.91. The number of ether oxygens (including phenoxy) is 1. The van der Waals surface area contributed by atoms with E-state index in [0.29, 0.717) is 0 Å². The third-order valence-electron chi connectivity index (χ3n) is 2.11. The molecule has 0 radical (unpaired) electrons. The minimum atomic E-state index is -4.28. The second-order valence-corrected chi connectivity index (χ2v) is 5.78. The van der Waals surface area contributed by atoms with E-state index in [1.807, 2.05) is 0 Å². The Hall–Kier alpha value is -1.39. The molecule has 0 saturated carbocycles. The van der Waals surface area contributed by atoms with Crippen molar-refractivity contribution in [1.29, 1.82) is 5.26 Å². The van der Waals surface area contributed by atoms with Crippen LogP contribution in [0.3, 0.4) is 0 Å². The molecule has 0 aliphatic heterocycles. The van der Waals surface area contributed by atoms with Crippen LogP contribution < -0.4 is 4.74 Å². The fourth-order valence-electron chi connectivity index (χ4n) is 1.39. The normalized spacial score (nSPS) is 11.3. The third-order valence-corrected chi connectivity index (χ3v) is 3.44. The summed E-state index contributed by atoms with van der Waals surface area (Å²) >= 11 is 0. The Balaban J connectivity index is 3.59. The summed E-state index contributed by atoms with van der Waals surface area (Å²) in [5.41, 5.74) is 0.182. The largest absolute Gasteiger partial charge is 0.433 e. The van der Waals surface area contributed by atoms with Crippen LogP contribution in [0.25, 0.3) is 0 Å². The average Bonchev–Trinajstić information content (AvgIpc) is 2.26. The van der Waals surface area contributed by atoms with Gasteiger partial charge in [-0.15, -0.1) is 0 Å². The average molecular weight is 296 g/mol. The van der Waals surface area contributed by atoms with Gasteiger partial charge in [-0.2, -0.15) is 14.0 Å².